The third kappa shape index (κ3) is 3.69. The zero-order valence-electron chi connectivity index (χ0n) is 9.16. The highest BCUT2D eigenvalue weighted by Gasteiger charge is 2.30. The lowest BCUT2D eigenvalue weighted by Gasteiger charge is -2.09. The minimum Gasteiger partial charge on any atom is -0.406 e. The average molecular weight is 257 g/mol. The molecule has 0 unspecified atom stereocenters. The summed E-state index contributed by atoms with van der Waals surface area (Å²) in [5, 5.41) is 9.45. The molecule has 1 aromatic carbocycles. The number of ether oxygens (including phenoxy) is 1. The molecule has 1 aromatic heterocycles. The first-order valence-electron chi connectivity index (χ1n) is 5.10. The molecular weight excluding hydrogens is 247 g/mol. The molecule has 0 aliphatic rings. The summed E-state index contributed by atoms with van der Waals surface area (Å²) in [6, 6.07) is 5.68. The second-order valence-electron chi connectivity index (χ2n) is 3.53. The Morgan fingerprint density at radius 1 is 1.22 bits per heavy atom. The normalized spacial score (nSPS) is 11.3. The van der Waals surface area contributed by atoms with Gasteiger partial charge in [0.15, 0.2) is 0 Å². The fourth-order valence-electron chi connectivity index (χ4n) is 1.36. The van der Waals surface area contributed by atoms with Crippen molar-refractivity contribution < 1.29 is 17.9 Å². The van der Waals surface area contributed by atoms with E-state index in [2.05, 4.69) is 20.3 Å². The van der Waals surface area contributed by atoms with Crippen molar-refractivity contribution in [3.63, 3.8) is 0 Å². The molecule has 0 radical (unpaired) electrons. The van der Waals surface area contributed by atoms with Gasteiger partial charge in [0.25, 0.3) is 0 Å². The van der Waals surface area contributed by atoms with E-state index in [4.69, 9.17) is 0 Å². The second-order valence-corrected chi connectivity index (χ2v) is 3.53. The number of alkyl halides is 3. The summed E-state index contributed by atoms with van der Waals surface area (Å²) >= 11 is 0. The Morgan fingerprint density at radius 2 is 1.94 bits per heavy atom. The monoisotopic (exact) mass is 257 g/mol. The van der Waals surface area contributed by atoms with Gasteiger partial charge in [-0.3, -0.25) is 5.10 Å². The van der Waals surface area contributed by atoms with Crippen LogP contribution in [0.4, 0.5) is 18.9 Å². The molecule has 0 amide bonds. The fourth-order valence-corrected chi connectivity index (χ4v) is 1.36. The SMILES string of the molecule is FC(F)(F)Oc1ccc(CNc2cn[nH]c2)cc1. The van der Waals surface area contributed by atoms with Crippen molar-refractivity contribution in [2.45, 2.75) is 12.9 Å². The number of nitrogens with one attached hydrogen (secondary N) is 2. The predicted octanol–water partition coefficient (Wildman–Crippen LogP) is 2.92. The van der Waals surface area contributed by atoms with Gasteiger partial charge in [-0.05, 0) is 17.7 Å². The van der Waals surface area contributed by atoms with E-state index >= 15 is 0 Å². The van der Waals surface area contributed by atoms with E-state index in [1.807, 2.05) is 0 Å². The maximum absolute atomic E-state index is 11.9. The molecule has 4 nitrogen and oxygen atoms in total. The molecule has 7 heteroatoms. The molecular formula is C11H10F3N3O. The number of halogens is 3. The van der Waals surface area contributed by atoms with E-state index in [0.29, 0.717) is 6.54 Å². The minimum absolute atomic E-state index is 0.227. The van der Waals surface area contributed by atoms with Crippen LogP contribution >= 0.6 is 0 Å². The summed E-state index contributed by atoms with van der Waals surface area (Å²) in [5.41, 5.74) is 1.65. The zero-order valence-corrected chi connectivity index (χ0v) is 9.16. The van der Waals surface area contributed by atoms with Crippen molar-refractivity contribution in [1.29, 1.82) is 0 Å². The van der Waals surface area contributed by atoms with Gasteiger partial charge >= 0.3 is 6.36 Å². The van der Waals surface area contributed by atoms with Gasteiger partial charge in [0.1, 0.15) is 5.75 Å². The van der Waals surface area contributed by atoms with E-state index < -0.39 is 6.36 Å². The number of H-pyrrole nitrogens is 1. The van der Waals surface area contributed by atoms with Crippen LogP contribution in [0.1, 0.15) is 5.56 Å². The topological polar surface area (TPSA) is 49.9 Å². The number of anilines is 1. The molecule has 0 aliphatic carbocycles. The third-order valence-electron chi connectivity index (χ3n) is 2.15. The van der Waals surface area contributed by atoms with Crippen LogP contribution in [0.5, 0.6) is 5.75 Å². The van der Waals surface area contributed by atoms with Gasteiger partial charge in [-0.2, -0.15) is 5.10 Å². The van der Waals surface area contributed by atoms with Crippen LogP contribution in [0, 0.1) is 0 Å². The number of hydrogen-bond donors (Lipinski definition) is 2. The van der Waals surface area contributed by atoms with E-state index in [-0.39, 0.29) is 5.75 Å². The van der Waals surface area contributed by atoms with Crippen molar-refractivity contribution in [2.75, 3.05) is 5.32 Å². The number of aromatic nitrogens is 2. The van der Waals surface area contributed by atoms with Crippen LogP contribution < -0.4 is 10.1 Å². The summed E-state index contributed by atoms with van der Waals surface area (Å²) < 4.78 is 39.6. The van der Waals surface area contributed by atoms with E-state index in [0.717, 1.165) is 11.3 Å². The second kappa shape index (κ2) is 4.99. The maximum Gasteiger partial charge on any atom is 0.573 e. The molecule has 18 heavy (non-hydrogen) atoms. The molecule has 0 bridgehead atoms. The first-order chi connectivity index (χ1) is 8.53. The van der Waals surface area contributed by atoms with Gasteiger partial charge in [-0.25, -0.2) is 0 Å². The molecule has 1 heterocycles. The van der Waals surface area contributed by atoms with E-state index in [9.17, 15) is 13.2 Å². The van der Waals surface area contributed by atoms with Crippen LogP contribution in [0.25, 0.3) is 0 Å². The van der Waals surface area contributed by atoms with Crippen molar-refractivity contribution in [3.8, 4) is 5.75 Å². The van der Waals surface area contributed by atoms with Crippen molar-refractivity contribution in [3.05, 3.63) is 42.2 Å². The van der Waals surface area contributed by atoms with Crippen LogP contribution in [0.15, 0.2) is 36.7 Å². The first kappa shape index (κ1) is 12.3. The summed E-state index contributed by atoms with van der Waals surface area (Å²) in [6.07, 6.45) is -1.36. The van der Waals surface area contributed by atoms with Crippen LogP contribution in [0.3, 0.4) is 0 Å². The molecule has 0 fully saturated rings. The lowest BCUT2D eigenvalue weighted by molar-refractivity contribution is -0.274. The lowest BCUT2D eigenvalue weighted by Crippen LogP contribution is -2.17. The number of aromatic amines is 1. The molecule has 2 aromatic rings. The summed E-state index contributed by atoms with van der Waals surface area (Å²) in [4.78, 5) is 0. The number of hydrogen-bond acceptors (Lipinski definition) is 3. The Kier molecular flexibility index (Phi) is 3.40. The number of benzene rings is 1. The van der Waals surface area contributed by atoms with Gasteiger partial charge in [-0.15, -0.1) is 13.2 Å². The van der Waals surface area contributed by atoms with Gasteiger partial charge in [0.05, 0.1) is 11.9 Å². The minimum atomic E-state index is -4.66. The predicted molar refractivity (Wildman–Crippen MR) is 59.0 cm³/mol. The number of nitrogens with zero attached hydrogens (tertiary/aromatic N) is 1. The molecule has 0 aliphatic heterocycles. The van der Waals surface area contributed by atoms with Crippen molar-refractivity contribution >= 4 is 5.69 Å². The number of rotatable bonds is 4. The Hall–Kier alpha value is -2.18. The Morgan fingerprint density at radius 3 is 2.50 bits per heavy atom. The average Bonchev–Trinajstić information content (AvgIpc) is 2.79. The molecule has 0 spiro atoms. The van der Waals surface area contributed by atoms with Gasteiger partial charge in [0.2, 0.25) is 0 Å². The van der Waals surface area contributed by atoms with Crippen LogP contribution in [-0.2, 0) is 6.54 Å². The van der Waals surface area contributed by atoms with E-state index in [1.165, 1.54) is 12.1 Å². The molecule has 2 N–H and O–H groups in total. The Labute approximate surface area is 101 Å². The van der Waals surface area contributed by atoms with Crippen molar-refractivity contribution in [1.82, 2.24) is 10.2 Å². The standard InChI is InChI=1S/C11H10F3N3O/c12-11(13,14)18-10-3-1-8(2-4-10)5-15-9-6-16-17-7-9/h1-4,6-7,15H,5H2,(H,16,17). The van der Waals surface area contributed by atoms with Gasteiger partial charge < -0.3 is 10.1 Å². The third-order valence-corrected chi connectivity index (χ3v) is 2.15. The summed E-state index contributed by atoms with van der Waals surface area (Å²) in [7, 11) is 0. The van der Waals surface area contributed by atoms with Crippen molar-refractivity contribution in [2.24, 2.45) is 0 Å². The summed E-state index contributed by atoms with van der Waals surface area (Å²) in [6.45, 7) is 0.492. The fraction of sp³-hybridized carbons (Fsp3) is 0.182. The largest absolute Gasteiger partial charge is 0.573 e. The highest BCUT2D eigenvalue weighted by atomic mass is 19.4. The smallest absolute Gasteiger partial charge is 0.406 e. The molecule has 0 saturated carbocycles. The first-order valence-corrected chi connectivity index (χ1v) is 5.10. The molecule has 2 rings (SSSR count). The van der Waals surface area contributed by atoms with Gasteiger partial charge in [0, 0.05) is 12.7 Å². The van der Waals surface area contributed by atoms with Crippen LogP contribution in [-0.4, -0.2) is 16.6 Å². The Balaban J connectivity index is 1.91. The molecule has 96 valence electrons. The van der Waals surface area contributed by atoms with Crippen LogP contribution in [0.2, 0.25) is 0 Å². The maximum atomic E-state index is 11.9. The summed E-state index contributed by atoms with van der Waals surface area (Å²) in [5.74, 6) is -0.227. The molecule has 0 saturated heterocycles. The molecule has 0 atom stereocenters. The highest BCUT2D eigenvalue weighted by Crippen LogP contribution is 2.22. The lowest BCUT2D eigenvalue weighted by atomic mass is 10.2. The van der Waals surface area contributed by atoms with Gasteiger partial charge in [-0.1, -0.05) is 12.1 Å². The highest BCUT2D eigenvalue weighted by molar-refractivity contribution is 5.39. The quantitative estimate of drug-likeness (QED) is 0.885. The Bertz CT molecular complexity index is 479. The zero-order chi connectivity index (χ0) is 13.0. The van der Waals surface area contributed by atoms with E-state index in [1.54, 1.807) is 24.5 Å².